The number of carboxylic acid groups (broad SMARTS) is 1. The molecule has 0 unspecified atom stereocenters. The minimum Gasteiger partial charge on any atom is -0.480 e. The SMILES string of the molecule is Cc1c(Sc2ccccc2S(C)(=O)=O)c2c(NS(C)(=O)=O)cccc2n1CC(=O)O. The summed E-state index contributed by atoms with van der Waals surface area (Å²) in [4.78, 5) is 12.6. The summed E-state index contributed by atoms with van der Waals surface area (Å²) in [5.74, 6) is -1.05. The average molecular weight is 469 g/mol. The molecule has 0 atom stereocenters. The van der Waals surface area contributed by atoms with Crippen LogP contribution in [-0.4, -0.2) is 45.0 Å². The minimum atomic E-state index is -3.60. The van der Waals surface area contributed by atoms with Gasteiger partial charge in [-0.25, -0.2) is 16.8 Å². The Morgan fingerprint density at radius 3 is 2.33 bits per heavy atom. The van der Waals surface area contributed by atoms with E-state index in [0.717, 1.165) is 24.3 Å². The molecule has 0 amide bonds. The maximum atomic E-state index is 12.2. The number of aromatic nitrogens is 1. The molecule has 0 spiro atoms. The summed E-state index contributed by atoms with van der Waals surface area (Å²) in [6.45, 7) is 1.40. The quantitative estimate of drug-likeness (QED) is 0.546. The van der Waals surface area contributed by atoms with Crippen LogP contribution < -0.4 is 4.72 Å². The van der Waals surface area contributed by atoms with Crippen LogP contribution in [0.4, 0.5) is 5.69 Å². The molecule has 3 rings (SSSR count). The van der Waals surface area contributed by atoms with E-state index in [1.54, 1.807) is 47.9 Å². The van der Waals surface area contributed by atoms with Gasteiger partial charge in [0.1, 0.15) is 6.54 Å². The van der Waals surface area contributed by atoms with Crippen LogP contribution in [0, 0.1) is 6.92 Å². The Morgan fingerprint density at radius 1 is 1.07 bits per heavy atom. The van der Waals surface area contributed by atoms with Crippen molar-refractivity contribution in [3.63, 3.8) is 0 Å². The zero-order valence-electron chi connectivity index (χ0n) is 16.4. The number of aliphatic carboxylic acids is 1. The predicted octanol–water partition coefficient (Wildman–Crippen LogP) is 2.96. The van der Waals surface area contributed by atoms with Crippen LogP contribution in [0.3, 0.4) is 0 Å². The summed E-state index contributed by atoms with van der Waals surface area (Å²) in [7, 11) is -7.10. The number of sulfonamides is 1. The van der Waals surface area contributed by atoms with Crippen molar-refractivity contribution < 1.29 is 26.7 Å². The zero-order chi connectivity index (χ0) is 22.3. The minimum absolute atomic E-state index is 0.141. The first-order chi connectivity index (χ1) is 13.9. The lowest BCUT2D eigenvalue weighted by molar-refractivity contribution is -0.137. The third-order valence-electron chi connectivity index (χ3n) is 4.34. The highest BCUT2D eigenvalue weighted by atomic mass is 32.2. The van der Waals surface area contributed by atoms with Crippen molar-refractivity contribution in [3.05, 3.63) is 48.2 Å². The second-order valence-electron chi connectivity index (χ2n) is 6.79. The fourth-order valence-corrected chi connectivity index (χ4v) is 6.20. The van der Waals surface area contributed by atoms with Gasteiger partial charge in [0.25, 0.3) is 0 Å². The first-order valence-corrected chi connectivity index (χ1v) is 13.3. The van der Waals surface area contributed by atoms with Crippen molar-refractivity contribution in [2.45, 2.75) is 28.2 Å². The number of carboxylic acids is 1. The molecule has 0 bridgehead atoms. The molecule has 0 fully saturated rings. The molecule has 11 heteroatoms. The Hall–Kier alpha value is -2.50. The number of hydrogen-bond donors (Lipinski definition) is 2. The largest absolute Gasteiger partial charge is 0.480 e. The van der Waals surface area contributed by atoms with Gasteiger partial charge in [0.05, 0.1) is 22.4 Å². The highest BCUT2D eigenvalue weighted by Gasteiger charge is 2.22. The number of sulfone groups is 1. The maximum absolute atomic E-state index is 12.2. The first-order valence-electron chi connectivity index (χ1n) is 8.67. The van der Waals surface area contributed by atoms with Crippen molar-refractivity contribution in [2.75, 3.05) is 17.2 Å². The Morgan fingerprint density at radius 2 is 1.73 bits per heavy atom. The van der Waals surface area contributed by atoms with Gasteiger partial charge in [0, 0.05) is 27.1 Å². The second-order valence-corrected chi connectivity index (χ2v) is 11.6. The van der Waals surface area contributed by atoms with Gasteiger partial charge in [-0.05, 0) is 31.2 Å². The molecular weight excluding hydrogens is 448 g/mol. The molecule has 0 saturated carbocycles. The van der Waals surface area contributed by atoms with Gasteiger partial charge in [0.15, 0.2) is 9.84 Å². The van der Waals surface area contributed by atoms with Gasteiger partial charge >= 0.3 is 5.97 Å². The van der Waals surface area contributed by atoms with Crippen LogP contribution in [0.15, 0.2) is 57.2 Å². The number of fused-ring (bicyclic) bond motifs is 1. The molecule has 2 aromatic carbocycles. The molecule has 0 aliphatic rings. The third-order valence-corrected chi connectivity index (χ3v) is 7.50. The molecule has 0 aliphatic heterocycles. The second kappa shape index (κ2) is 7.97. The first kappa shape index (κ1) is 22.2. The van der Waals surface area contributed by atoms with E-state index in [2.05, 4.69) is 4.72 Å². The van der Waals surface area contributed by atoms with E-state index in [0.29, 0.717) is 32.1 Å². The van der Waals surface area contributed by atoms with Crippen LogP contribution in [0.25, 0.3) is 10.9 Å². The van der Waals surface area contributed by atoms with Gasteiger partial charge in [-0.3, -0.25) is 9.52 Å². The monoisotopic (exact) mass is 468 g/mol. The Kier molecular flexibility index (Phi) is 5.89. The lowest BCUT2D eigenvalue weighted by Crippen LogP contribution is -2.10. The van der Waals surface area contributed by atoms with E-state index in [1.165, 1.54) is 6.07 Å². The third kappa shape index (κ3) is 4.63. The molecule has 3 aromatic rings. The van der Waals surface area contributed by atoms with Crippen molar-refractivity contribution in [2.24, 2.45) is 0 Å². The molecule has 2 N–H and O–H groups in total. The van der Waals surface area contributed by atoms with E-state index in [-0.39, 0.29) is 11.4 Å². The van der Waals surface area contributed by atoms with E-state index in [4.69, 9.17) is 0 Å². The summed E-state index contributed by atoms with van der Waals surface area (Å²) in [5, 5.41) is 9.85. The number of nitrogens with zero attached hydrogens (tertiary/aromatic N) is 1. The van der Waals surface area contributed by atoms with Gasteiger partial charge in [-0.15, -0.1) is 0 Å². The topological polar surface area (TPSA) is 123 Å². The van der Waals surface area contributed by atoms with Crippen molar-refractivity contribution in [1.82, 2.24) is 4.57 Å². The Labute approximate surface area is 178 Å². The van der Waals surface area contributed by atoms with Crippen molar-refractivity contribution in [3.8, 4) is 0 Å². The van der Waals surface area contributed by atoms with Crippen LogP contribution in [0.2, 0.25) is 0 Å². The van der Waals surface area contributed by atoms with Gasteiger partial charge in [0.2, 0.25) is 10.0 Å². The number of hydrogen-bond acceptors (Lipinski definition) is 6. The summed E-state index contributed by atoms with van der Waals surface area (Å²) >= 11 is 1.16. The molecule has 30 heavy (non-hydrogen) atoms. The highest BCUT2D eigenvalue weighted by Crippen LogP contribution is 2.43. The fourth-order valence-electron chi connectivity index (χ4n) is 3.19. The average Bonchev–Trinajstić information content (AvgIpc) is 2.86. The summed E-state index contributed by atoms with van der Waals surface area (Å²) < 4.78 is 52.2. The van der Waals surface area contributed by atoms with E-state index < -0.39 is 25.8 Å². The van der Waals surface area contributed by atoms with Crippen LogP contribution >= 0.6 is 11.8 Å². The molecule has 160 valence electrons. The van der Waals surface area contributed by atoms with E-state index in [1.807, 2.05) is 0 Å². The molecular formula is C19H20N2O6S3. The Balaban J connectivity index is 2.31. The smallest absolute Gasteiger partial charge is 0.323 e. The van der Waals surface area contributed by atoms with E-state index >= 15 is 0 Å². The predicted molar refractivity (Wildman–Crippen MR) is 116 cm³/mol. The number of anilines is 1. The van der Waals surface area contributed by atoms with Crippen LogP contribution in [0.1, 0.15) is 5.69 Å². The van der Waals surface area contributed by atoms with Crippen LogP contribution in [-0.2, 0) is 31.2 Å². The van der Waals surface area contributed by atoms with Gasteiger partial charge < -0.3 is 9.67 Å². The van der Waals surface area contributed by atoms with Gasteiger partial charge in [-0.1, -0.05) is 30.0 Å². The van der Waals surface area contributed by atoms with E-state index in [9.17, 15) is 26.7 Å². The molecule has 0 radical (unpaired) electrons. The normalized spacial score (nSPS) is 12.2. The van der Waals surface area contributed by atoms with Crippen molar-refractivity contribution in [1.29, 1.82) is 0 Å². The molecule has 8 nitrogen and oxygen atoms in total. The number of carbonyl (C=O) groups is 1. The molecule has 1 aromatic heterocycles. The molecule has 0 aliphatic carbocycles. The van der Waals surface area contributed by atoms with Crippen molar-refractivity contribution >= 4 is 54.2 Å². The maximum Gasteiger partial charge on any atom is 0.323 e. The standard InChI is InChI=1S/C19H20N2O6S3/c1-12-19(28-15-9-4-5-10-16(15)29(2,24)25)18-13(20-30(3,26)27)7-6-8-14(18)21(12)11-17(22)23/h4-10,20H,11H2,1-3H3,(H,22,23). The summed E-state index contributed by atoms with van der Waals surface area (Å²) in [6.07, 6.45) is 2.14. The summed E-state index contributed by atoms with van der Waals surface area (Å²) in [5.41, 5.74) is 1.41. The highest BCUT2D eigenvalue weighted by molar-refractivity contribution is 8.00. The lowest BCUT2D eigenvalue weighted by Gasteiger charge is -2.10. The summed E-state index contributed by atoms with van der Waals surface area (Å²) in [6, 6.07) is 11.4. The fraction of sp³-hybridized carbons (Fsp3) is 0.211. The number of nitrogens with one attached hydrogen (secondary N) is 1. The Bertz CT molecular complexity index is 1360. The zero-order valence-corrected chi connectivity index (χ0v) is 18.9. The number of benzene rings is 2. The van der Waals surface area contributed by atoms with Gasteiger partial charge in [-0.2, -0.15) is 0 Å². The lowest BCUT2D eigenvalue weighted by atomic mass is 10.2. The molecule has 0 saturated heterocycles. The molecule has 1 heterocycles. The van der Waals surface area contributed by atoms with Crippen LogP contribution in [0.5, 0.6) is 0 Å². The number of rotatable bonds is 7.